The zero-order chi connectivity index (χ0) is 14.3. The highest BCUT2D eigenvalue weighted by Gasteiger charge is 2.38. The fourth-order valence-corrected chi connectivity index (χ4v) is 3.87. The van der Waals surface area contributed by atoms with Gasteiger partial charge < -0.3 is 4.90 Å². The molecule has 108 valence electrons. The molecule has 1 saturated heterocycles. The Morgan fingerprint density at radius 1 is 1.20 bits per heavy atom. The van der Waals surface area contributed by atoms with Gasteiger partial charge in [-0.05, 0) is 42.9 Å². The molecule has 1 heterocycles. The number of fused-ring (bicyclic) bond motifs is 1. The number of carbonyl (C=O) groups excluding carboxylic acids is 1. The molecular formula is C14H18N2O3S. The van der Waals surface area contributed by atoms with Crippen molar-refractivity contribution < 1.29 is 13.2 Å². The van der Waals surface area contributed by atoms with E-state index in [4.69, 9.17) is 5.14 Å². The van der Waals surface area contributed by atoms with Crippen LogP contribution in [0, 0.1) is 0 Å². The first-order chi connectivity index (χ1) is 9.47. The highest BCUT2D eigenvalue weighted by Crippen LogP contribution is 2.33. The summed E-state index contributed by atoms with van der Waals surface area (Å²) in [5, 5.41) is 4.39. The van der Waals surface area contributed by atoms with Gasteiger partial charge in [0.25, 0.3) is 0 Å². The van der Waals surface area contributed by atoms with Gasteiger partial charge in [-0.25, -0.2) is 13.6 Å². The Labute approximate surface area is 118 Å². The van der Waals surface area contributed by atoms with Crippen molar-refractivity contribution in [1.29, 1.82) is 0 Å². The normalized spacial score (nSPS) is 22.9. The summed E-state index contributed by atoms with van der Waals surface area (Å²) in [7, 11) is -3.66. The summed E-state index contributed by atoms with van der Waals surface area (Å²) < 4.78 is 22.9. The Balaban J connectivity index is 1.96. The number of amides is 1. The van der Waals surface area contributed by atoms with Gasteiger partial charge in [-0.2, -0.15) is 0 Å². The number of sulfonamides is 1. The first kappa shape index (κ1) is 13.6. The lowest BCUT2D eigenvalue weighted by atomic mass is 9.90. The summed E-state index contributed by atoms with van der Waals surface area (Å²) in [5.74, 6) is -0.150. The third-order valence-corrected chi connectivity index (χ3v) is 5.46. The van der Waals surface area contributed by atoms with Crippen LogP contribution in [0.3, 0.4) is 0 Å². The third-order valence-electron chi connectivity index (χ3n) is 4.22. The van der Waals surface area contributed by atoms with Crippen molar-refractivity contribution in [2.75, 3.05) is 11.4 Å². The Hall–Kier alpha value is -1.40. The molecular weight excluding hydrogens is 276 g/mol. The van der Waals surface area contributed by atoms with Crippen LogP contribution in [0.2, 0.25) is 0 Å². The number of carbonyl (C=O) groups is 1. The quantitative estimate of drug-likeness (QED) is 0.882. The lowest BCUT2D eigenvalue weighted by Gasteiger charge is -2.25. The van der Waals surface area contributed by atoms with Gasteiger partial charge in [-0.15, -0.1) is 0 Å². The lowest BCUT2D eigenvalue weighted by molar-refractivity contribution is -0.117. The molecule has 1 unspecified atom stereocenters. The molecule has 0 aromatic heterocycles. The predicted molar refractivity (Wildman–Crippen MR) is 76.9 cm³/mol. The summed E-state index contributed by atoms with van der Waals surface area (Å²) in [5.41, 5.74) is 3.35. The second kappa shape index (κ2) is 4.86. The van der Waals surface area contributed by atoms with Crippen LogP contribution < -0.4 is 10.0 Å². The third kappa shape index (κ3) is 2.33. The molecule has 0 saturated carbocycles. The van der Waals surface area contributed by atoms with Crippen molar-refractivity contribution >= 4 is 21.6 Å². The molecule has 6 heteroatoms. The van der Waals surface area contributed by atoms with Gasteiger partial charge in [0.1, 0.15) is 5.25 Å². The van der Waals surface area contributed by atoms with Crippen LogP contribution in [0.1, 0.15) is 30.4 Å². The zero-order valence-corrected chi connectivity index (χ0v) is 12.0. The molecule has 1 amide bonds. The van der Waals surface area contributed by atoms with Gasteiger partial charge in [-0.3, -0.25) is 4.79 Å². The van der Waals surface area contributed by atoms with E-state index in [0.717, 1.165) is 24.9 Å². The van der Waals surface area contributed by atoms with E-state index in [1.54, 1.807) is 4.90 Å². The molecule has 1 aliphatic heterocycles. The molecule has 2 N–H and O–H groups in total. The Bertz CT molecular complexity index is 654. The summed E-state index contributed by atoms with van der Waals surface area (Å²) in [4.78, 5) is 13.7. The number of hydrogen-bond donors (Lipinski definition) is 1. The summed E-state index contributed by atoms with van der Waals surface area (Å²) in [6.45, 7) is 0.175. The largest absolute Gasteiger partial charge is 0.311 e. The number of primary sulfonamides is 1. The van der Waals surface area contributed by atoms with Crippen LogP contribution in [-0.4, -0.2) is 26.1 Å². The number of benzene rings is 1. The van der Waals surface area contributed by atoms with Crippen LogP contribution in [0.5, 0.6) is 0 Å². The van der Waals surface area contributed by atoms with Gasteiger partial charge in [0.05, 0.1) is 0 Å². The van der Waals surface area contributed by atoms with Crippen molar-refractivity contribution in [3.05, 3.63) is 29.3 Å². The number of anilines is 1. The van der Waals surface area contributed by atoms with Crippen LogP contribution in [0.15, 0.2) is 18.2 Å². The molecule has 1 atom stereocenters. The maximum atomic E-state index is 12.1. The molecule has 0 bridgehead atoms. The Morgan fingerprint density at radius 2 is 1.95 bits per heavy atom. The molecule has 3 rings (SSSR count). The average Bonchev–Trinajstić information content (AvgIpc) is 2.80. The SMILES string of the molecule is NS(=O)(=O)C1CC(=O)N(c2cccc3c2CCCC3)C1. The van der Waals surface area contributed by atoms with Crippen LogP contribution >= 0.6 is 0 Å². The van der Waals surface area contributed by atoms with Crippen molar-refractivity contribution in [2.45, 2.75) is 37.4 Å². The number of hydrogen-bond acceptors (Lipinski definition) is 3. The van der Waals surface area contributed by atoms with E-state index in [9.17, 15) is 13.2 Å². The minimum absolute atomic E-state index is 0.0114. The number of nitrogens with zero attached hydrogens (tertiary/aromatic N) is 1. The van der Waals surface area contributed by atoms with E-state index in [1.165, 1.54) is 17.5 Å². The topological polar surface area (TPSA) is 80.5 Å². The van der Waals surface area contributed by atoms with Gasteiger partial charge in [0, 0.05) is 18.7 Å². The van der Waals surface area contributed by atoms with E-state index in [0.29, 0.717) is 0 Å². The average molecular weight is 294 g/mol. The molecule has 2 aliphatic rings. The van der Waals surface area contributed by atoms with Crippen LogP contribution in [0.25, 0.3) is 0 Å². The second-order valence-corrected chi connectivity index (χ2v) is 7.39. The van der Waals surface area contributed by atoms with Gasteiger partial charge in [-0.1, -0.05) is 12.1 Å². The highest BCUT2D eigenvalue weighted by atomic mass is 32.2. The van der Waals surface area contributed by atoms with Crippen molar-refractivity contribution in [2.24, 2.45) is 5.14 Å². The van der Waals surface area contributed by atoms with Crippen molar-refractivity contribution in [3.63, 3.8) is 0 Å². The van der Waals surface area contributed by atoms with E-state index in [2.05, 4.69) is 6.07 Å². The van der Waals surface area contributed by atoms with Crippen molar-refractivity contribution in [1.82, 2.24) is 0 Å². The monoisotopic (exact) mass is 294 g/mol. The molecule has 1 aromatic rings. The van der Waals surface area contributed by atoms with Gasteiger partial charge >= 0.3 is 0 Å². The van der Waals surface area contributed by atoms with Gasteiger partial charge in [0.15, 0.2) is 0 Å². The summed E-state index contributed by atoms with van der Waals surface area (Å²) in [6, 6.07) is 5.94. The molecule has 1 aliphatic carbocycles. The van der Waals surface area contributed by atoms with E-state index in [1.807, 2.05) is 12.1 Å². The number of nitrogens with two attached hydrogens (primary N) is 1. The maximum absolute atomic E-state index is 12.1. The first-order valence-electron chi connectivity index (χ1n) is 6.89. The molecule has 0 spiro atoms. The zero-order valence-electron chi connectivity index (χ0n) is 11.2. The molecule has 1 aromatic carbocycles. The van der Waals surface area contributed by atoms with E-state index < -0.39 is 15.3 Å². The summed E-state index contributed by atoms with van der Waals surface area (Å²) in [6.07, 6.45) is 4.26. The Kier molecular flexibility index (Phi) is 3.30. The number of aryl methyl sites for hydroxylation is 1. The molecule has 0 radical (unpaired) electrons. The Morgan fingerprint density at radius 3 is 2.65 bits per heavy atom. The standard InChI is InChI=1S/C14H18N2O3S/c15-20(18,19)11-8-14(17)16(9-11)13-7-3-5-10-4-1-2-6-12(10)13/h3,5,7,11H,1-2,4,6,8-9H2,(H2,15,18,19). The fraction of sp³-hybridized carbons (Fsp3) is 0.500. The van der Waals surface area contributed by atoms with E-state index in [-0.39, 0.29) is 18.9 Å². The van der Waals surface area contributed by atoms with Crippen LogP contribution in [-0.2, 0) is 27.7 Å². The molecule has 20 heavy (non-hydrogen) atoms. The lowest BCUT2D eigenvalue weighted by Crippen LogP contribution is -2.32. The number of rotatable bonds is 2. The van der Waals surface area contributed by atoms with Gasteiger partial charge in [0.2, 0.25) is 15.9 Å². The minimum Gasteiger partial charge on any atom is -0.311 e. The molecule has 1 fully saturated rings. The highest BCUT2D eigenvalue weighted by molar-refractivity contribution is 7.89. The van der Waals surface area contributed by atoms with Crippen molar-refractivity contribution in [3.8, 4) is 0 Å². The minimum atomic E-state index is -3.66. The first-order valence-corrected chi connectivity index (χ1v) is 8.50. The van der Waals surface area contributed by atoms with E-state index >= 15 is 0 Å². The predicted octanol–water partition coefficient (Wildman–Crippen LogP) is 0.959. The molecule has 5 nitrogen and oxygen atoms in total. The van der Waals surface area contributed by atoms with Crippen LogP contribution in [0.4, 0.5) is 5.69 Å². The second-order valence-electron chi connectivity index (χ2n) is 5.54. The smallest absolute Gasteiger partial charge is 0.228 e. The summed E-state index contributed by atoms with van der Waals surface area (Å²) >= 11 is 0. The maximum Gasteiger partial charge on any atom is 0.228 e. The fourth-order valence-electron chi connectivity index (χ4n) is 3.14.